The Hall–Kier alpha value is -0.990. The van der Waals surface area contributed by atoms with Gasteiger partial charge in [0, 0.05) is 12.1 Å². The third kappa shape index (κ3) is 3.13. The van der Waals surface area contributed by atoms with Crippen LogP contribution in [0.4, 0.5) is 0 Å². The van der Waals surface area contributed by atoms with Gasteiger partial charge in [-0.25, -0.2) is 0 Å². The third-order valence-electron chi connectivity index (χ3n) is 3.98. The van der Waals surface area contributed by atoms with Gasteiger partial charge >= 0.3 is 0 Å². The van der Waals surface area contributed by atoms with Crippen LogP contribution in [0.15, 0.2) is 42.5 Å². The topological polar surface area (TPSA) is 12.0 Å². The molecule has 2 heteroatoms. The predicted molar refractivity (Wildman–Crippen MR) is 85.8 cm³/mol. The Labute approximate surface area is 119 Å². The maximum atomic E-state index is 3.79. The summed E-state index contributed by atoms with van der Waals surface area (Å²) in [5.74, 6) is 2.62. The van der Waals surface area contributed by atoms with E-state index in [4.69, 9.17) is 0 Å². The van der Waals surface area contributed by atoms with Crippen LogP contribution in [0.3, 0.4) is 0 Å². The van der Waals surface area contributed by atoms with Gasteiger partial charge < -0.3 is 5.32 Å². The van der Waals surface area contributed by atoms with Crippen molar-refractivity contribution in [1.29, 1.82) is 0 Å². The number of hydrogen-bond acceptors (Lipinski definition) is 2. The summed E-state index contributed by atoms with van der Waals surface area (Å²) < 4.78 is 0. The minimum Gasteiger partial charge on any atom is -0.307 e. The molecule has 3 rings (SSSR count). The lowest BCUT2D eigenvalue weighted by Crippen LogP contribution is -2.34. The van der Waals surface area contributed by atoms with Gasteiger partial charge in [0.25, 0.3) is 0 Å². The van der Waals surface area contributed by atoms with E-state index in [2.05, 4.69) is 66.5 Å². The minimum atomic E-state index is 0.442. The van der Waals surface area contributed by atoms with Crippen LogP contribution in [0, 0.1) is 0 Å². The molecule has 0 amide bonds. The molecule has 1 heterocycles. The summed E-state index contributed by atoms with van der Waals surface area (Å²) in [6.07, 6.45) is 2.62. The Morgan fingerprint density at radius 1 is 1.05 bits per heavy atom. The van der Waals surface area contributed by atoms with Crippen molar-refractivity contribution in [1.82, 2.24) is 5.32 Å². The van der Waals surface area contributed by atoms with Gasteiger partial charge in [0.05, 0.1) is 0 Å². The SMILES string of the molecule is CC(NC1CCSCC1)c1ccc2ccccc2c1. The van der Waals surface area contributed by atoms with Gasteiger partial charge in [-0.3, -0.25) is 0 Å². The average Bonchev–Trinajstić information content (AvgIpc) is 2.48. The molecule has 0 bridgehead atoms. The highest BCUT2D eigenvalue weighted by Crippen LogP contribution is 2.23. The standard InChI is InChI=1S/C17H21NS/c1-13(18-17-8-10-19-11-9-17)15-7-6-14-4-2-3-5-16(14)12-15/h2-7,12-13,17-18H,8-11H2,1H3. The second-order valence-electron chi connectivity index (χ2n) is 5.38. The highest BCUT2D eigenvalue weighted by atomic mass is 32.2. The average molecular weight is 271 g/mol. The van der Waals surface area contributed by atoms with Crippen molar-refractivity contribution in [3.05, 3.63) is 48.0 Å². The summed E-state index contributed by atoms with van der Waals surface area (Å²) in [4.78, 5) is 0. The summed E-state index contributed by atoms with van der Waals surface area (Å²) in [5, 5.41) is 6.45. The minimum absolute atomic E-state index is 0.442. The third-order valence-corrected chi connectivity index (χ3v) is 5.03. The van der Waals surface area contributed by atoms with Crippen molar-refractivity contribution in [2.75, 3.05) is 11.5 Å². The van der Waals surface area contributed by atoms with Crippen molar-refractivity contribution in [2.24, 2.45) is 0 Å². The zero-order valence-corrected chi connectivity index (χ0v) is 12.2. The Kier molecular flexibility index (Phi) is 4.09. The van der Waals surface area contributed by atoms with Gasteiger partial charge in [0.2, 0.25) is 0 Å². The molecule has 0 radical (unpaired) electrons. The molecule has 100 valence electrons. The molecule has 1 aliphatic heterocycles. The fourth-order valence-corrected chi connectivity index (χ4v) is 3.90. The summed E-state index contributed by atoms with van der Waals surface area (Å²) in [5.41, 5.74) is 1.40. The second kappa shape index (κ2) is 5.98. The van der Waals surface area contributed by atoms with Gasteiger partial charge in [0.15, 0.2) is 0 Å². The number of benzene rings is 2. The molecule has 19 heavy (non-hydrogen) atoms. The lowest BCUT2D eigenvalue weighted by Gasteiger charge is -2.26. The molecule has 1 nitrogen and oxygen atoms in total. The van der Waals surface area contributed by atoms with E-state index in [-0.39, 0.29) is 0 Å². The van der Waals surface area contributed by atoms with E-state index in [0.29, 0.717) is 12.1 Å². The molecular formula is C17H21NS. The van der Waals surface area contributed by atoms with Crippen LogP contribution in [0.25, 0.3) is 10.8 Å². The number of fused-ring (bicyclic) bond motifs is 1. The van der Waals surface area contributed by atoms with Crippen LogP contribution in [0.1, 0.15) is 31.4 Å². The van der Waals surface area contributed by atoms with Crippen LogP contribution in [0.2, 0.25) is 0 Å². The molecule has 1 atom stereocenters. The van der Waals surface area contributed by atoms with E-state index in [0.717, 1.165) is 0 Å². The van der Waals surface area contributed by atoms with Gasteiger partial charge in [-0.15, -0.1) is 0 Å². The van der Waals surface area contributed by atoms with E-state index in [1.54, 1.807) is 0 Å². The normalized spacial score (nSPS) is 18.6. The van der Waals surface area contributed by atoms with Crippen molar-refractivity contribution < 1.29 is 0 Å². The number of rotatable bonds is 3. The van der Waals surface area contributed by atoms with Crippen LogP contribution >= 0.6 is 11.8 Å². The van der Waals surface area contributed by atoms with E-state index < -0.39 is 0 Å². The van der Waals surface area contributed by atoms with Gasteiger partial charge in [-0.05, 0) is 53.7 Å². The fraction of sp³-hybridized carbons (Fsp3) is 0.412. The Morgan fingerprint density at radius 2 is 1.79 bits per heavy atom. The highest BCUT2D eigenvalue weighted by Gasteiger charge is 2.16. The first kappa shape index (κ1) is 13.0. The second-order valence-corrected chi connectivity index (χ2v) is 6.61. The van der Waals surface area contributed by atoms with Crippen molar-refractivity contribution in [3.8, 4) is 0 Å². The molecule has 1 aliphatic rings. The van der Waals surface area contributed by atoms with E-state index in [9.17, 15) is 0 Å². The lowest BCUT2D eigenvalue weighted by atomic mass is 10.0. The quantitative estimate of drug-likeness (QED) is 0.888. The Bertz CT molecular complexity index is 546. The van der Waals surface area contributed by atoms with E-state index in [1.807, 2.05) is 0 Å². The monoisotopic (exact) mass is 271 g/mol. The fourth-order valence-electron chi connectivity index (χ4n) is 2.79. The van der Waals surface area contributed by atoms with Crippen LogP contribution in [0.5, 0.6) is 0 Å². The summed E-state index contributed by atoms with van der Waals surface area (Å²) in [7, 11) is 0. The molecule has 1 fully saturated rings. The van der Waals surface area contributed by atoms with E-state index >= 15 is 0 Å². The predicted octanol–water partition coefficient (Wildman–Crippen LogP) is 4.39. The van der Waals surface area contributed by atoms with Crippen LogP contribution < -0.4 is 5.32 Å². The molecule has 0 saturated carbocycles. The first-order valence-corrected chi connectivity index (χ1v) is 8.31. The zero-order chi connectivity index (χ0) is 13.1. The molecule has 2 aromatic rings. The Morgan fingerprint density at radius 3 is 2.58 bits per heavy atom. The number of hydrogen-bond donors (Lipinski definition) is 1. The lowest BCUT2D eigenvalue weighted by molar-refractivity contribution is 0.431. The van der Waals surface area contributed by atoms with E-state index in [1.165, 1.54) is 40.7 Å². The maximum Gasteiger partial charge on any atom is 0.0294 e. The van der Waals surface area contributed by atoms with Gasteiger partial charge in [-0.1, -0.05) is 36.4 Å². The first-order chi connectivity index (χ1) is 9.33. The van der Waals surface area contributed by atoms with Crippen LogP contribution in [-0.2, 0) is 0 Å². The van der Waals surface area contributed by atoms with Gasteiger partial charge in [0.1, 0.15) is 0 Å². The largest absolute Gasteiger partial charge is 0.307 e. The molecule has 1 unspecified atom stereocenters. The summed E-state index contributed by atoms with van der Waals surface area (Å²) >= 11 is 2.08. The summed E-state index contributed by atoms with van der Waals surface area (Å²) in [6.45, 7) is 2.28. The molecule has 2 aromatic carbocycles. The zero-order valence-electron chi connectivity index (χ0n) is 11.4. The molecular weight excluding hydrogens is 250 g/mol. The Balaban J connectivity index is 1.75. The molecule has 1 saturated heterocycles. The van der Waals surface area contributed by atoms with Crippen molar-refractivity contribution in [2.45, 2.75) is 31.8 Å². The van der Waals surface area contributed by atoms with Crippen molar-refractivity contribution >= 4 is 22.5 Å². The van der Waals surface area contributed by atoms with Crippen LogP contribution in [-0.4, -0.2) is 17.5 Å². The van der Waals surface area contributed by atoms with Gasteiger partial charge in [-0.2, -0.15) is 11.8 Å². The molecule has 0 aromatic heterocycles. The molecule has 1 N–H and O–H groups in total. The van der Waals surface area contributed by atoms with Crippen molar-refractivity contribution in [3.63, 3.8) is 0 Å². The first-order valence-electron chi connectivity index (χ1n) is 7.15. The molecule has 0 spiro atoms. The maximum absolute atomic E-state index is 3.79. The summed E-state index contributed by atoms with van der Waals surface area (Å²) in [6, 6.07) is 16.5. The smallest absolute Gasteiger partial charge is 0.0294 e. The highest BCUT2D eigenvalue weighted by molar-refractivity contribution is 7.99. The number of nitrogens with one attached hydrogen (secondary N) is 1. The molecule has 0 aliphatic carbocycles. The number of thioether (sulfide) groups is 1.